The topological polar surface area (TPSA) is 88.9 Å². The standard InChI is InChI=1S/C14H21N3O2/c1-3-5-14(19,6-4-2)10-17-13(18)11-7-12(8-15)16-9-11/h7,9,16,19H,3-6,10H2,1-2H3,(H,17,18). The average Bonchev–Trinajstić information content (AvgIpc) is 2.85. The number of nitrogens with one attached hydrogen (secondary N) is 2. The highest BCUT2D eigenvalue weighted by atomic mass is 16.3. The third kappa shape index (κ3) is 4.42. The first-order chi connectivity index (χ1) is 9.04. The van der Waals surface area contributed by atoms with Crippen molar-refractivity contribution in [3.05, 3.63) is 23.5 Å². The van der Waals surface area contributed by atoms with Crippen LogP contribution in [0.1, 0.15) is 55.6 Å². The van der Waals surface area contributed by atoms with Crippen LogP contribution in [0, 0.1) is 11.3 Å². The molecule has 1 aromatic heterocycles. The lowest BCUT2D eigenvalue weighted by molar-refractivity contribution is 0.0213. The number of hydrogen-bond acceptors (Lipinski definition) is 3. The molecule has 0 radical (unpaired) electrons. The second-order valence-corrected chi connectivity index (χ2v) is 4.82. The molecule has 19 heavy (non-hydrogen) atoms. The molecule has 0 aliphatic heterocycles. The predicted molar refractivity (Wildman–Crippen MR) is 72.6 cm³/mol. The van der Waals surface area contributed by atoms with Gasteiger partial charge in [-0.1, -0.05) is 26.7 Å². The van der Waals surface area contributed by atoms with Crippen molar-refractivity contribution in [3.63, 3.8) is 0 Å². The maximum Gasteiger partial charge on any atom is 0.252 e. The van der Waals surface area contributed by atoms with Crippen LogP contribution in [0.2, 0.25) is 0 Å². The van der Waals surface area contributed by atoms with Crippen molar-refractivity contribution in [1.82, 2.24) is 10.3 Å². The Kier molecular flexibility index (Phi) is 5.58. The summed E-state index contributed by atoms with van der Waals surface area (Å²) in [6, 6.07) is 3.42. The maximum absolute atomic E-state index is 11.9. The van der Waals surface area contributed by atoms with Crippen LogP contribution in [-0.2, 0) is 0 Å². The highest BCUT2D eigenvalue weighted by Gasteiger charge is 2.25. The van der Waals surface area contributed by atoms with E-state index in [2.05, 4.69) is 10.3 Å². The fourth-order valence-corrected chi connectivity index (χ4v) is 2.17. The molecular formula is C14H21N3O2. The molecule has 1 aromatic rings. The minimum Gasteiger partial charge on any atom is -0.388 e. The van der Waals surface area contributed by atoms with E-state index in [-0.39, 0.29) is 12.5 Å². The van der Waals surface area contributed by atoms with Gasteiger partial charge in [-0.3, -0.25) is 4.79 Å². The summed E-state index contributed by atoms with van der Waals surface area (Å²) in [5.74, 6) is -0.275. The number of carbonyl (C=O) groups excluding carboxylic acids is 1. The van der Waals surface area contributed by atoms with Crippen LogP contribution in [0.25, 0.3) is 0 Å². The van der Waals surface area contributed by atoms with Crippen molar-refractivity contribution in [2.24, 2.45) is 0 Å². The number of nitriles is 1. The molecule has 5 nitrogen and oxygen atoms in total. The molecule has 1 rings (SSSR count). The number of rotatable bonds is 7. The van der Waals surface area contributed by atoms with Gasteiger partial charge < -0.3 is 15.4 Å². The summed E-state index contributed by atoms with van der Waals surface area (Å²) in [6.07, 6.45) is 4.56. The Balaban J connectivity index is 2.59. The molecule has 104 valence electrons. The van der Waals surface area contributed by atoms with Crippen molar-refractivity contribution in [1.29, 1.82) is 5.26 Å². The first kappa shape index (κ1) is 15.3. The first-order valence-corrected chi connectivity index (χ1v) is 6.63. The average molecular weight is 263 g/mol. The van der Waals surface area contributed by atoms with Gasteiger partial charge in [0.15, 0.2) is 0 Å². The number of aromatic nitrogens is 1. The van der Waals surface area contributed by atoms with E-state index in [0.29, 0.717) is 24.1 Å². The SMILES string of the molecule is CCCC(O)(CCC)CNC(=O)c1c[nH]c(C#N)c1. The second kappa shape index (κ2) is 6.95. The number of aromatic amines is 1. The number of carbonyl (C=O) groups is 1. The molecular weight excluding hydrogens is 242 g/mol. The van der Waals surface area contributed by atoms with Gasteiger partial charge in [0.1, 0.15) is 11.8 Å². The Hall–Kier alpha value is -1.80. The van der Waals surface area contributed by atoms with E-state index in [1.165, 1.54) is 12.3 Å². The molecule has 0 aromatic carbocycles. The fourth-order valence-electron chi connectivity index (χ4n) is 2.17. The largest absolute Gasteiger partial charge is 0.388 e. The van der Waals surface area contributed by atoms with E-state index < -0.39 is 5.60 Å². The summed E-state index contributed by atoms with van der Waals surface area (Å²) in [6.45, 7) is 4.25. The Morgan fingerprint density at radius 2 is 2.11 bits per heavy atom. The minimum absolute atomic E-state index is 0.237. The molecule has 0 aliphatic carbocycles. The minimum atomic E-state index is -0.840. The van der Waals surface area contributed by atoms with Gasteiger partial charge in [-0.15, -0.1) is 0 Å². The van der Waals surface area contributed by atoms with Gasteiger partial charge in [0.25, 0.3) is 5.91 Å². The first-order valence-electron chi connectivity index (χ1n) is 6.63. The molecule has 0 saturated carbocycles. The summed E-state index contributed by atoms with van der Waals surface area (Å²) in [7, 11) is 0. The van der Waals surface area contributed by atoms with Crippen LogP contribution in [0.15, 0.2) is 12.3 Å². The van der Waals surface area contributed by atoms with E-state index in [0.717, 1.165) is 12.8 Å². The highest BCUT2D eigenvalue weighted by molar-refractivity contribution is 5.94. The normalized spacial score (nSPS) is 11.1. The molecule has 0 atom stereocenters. The fraction of sp³-hybridized carbons (Fsp3) is 0.571. The molecule has 0 bridgehead atoms. The predicted octanol–water partition coefficient (Wildman–Crippen LogP) is 1.95. The Labute approximate surface area is 113 Å². The molecule has 1 amide bonds. The van der Waals surface area contributed by atoms with Gasteiger partial charge in [-0.2, -0.15) is 5.26 Å². The van der Waals surface area contributed by atoms with E-state index in [1.54, 1.807) is 0 Å². The Morgan fingerprint density at radius 1 is 1.47 bits per heavy atom. The van der Waals surface area contributed by atoms with Crippen LogP contribution in [-0.4, -0.2) is 28.1 Å². The summed E-state index contributed by atoms with van der Waals surface area (Å²) in [5, 5.41) is 21.8. The number of H-pyrrole nitrogens is 1. The lowest BCUT2D eigenvalue weighted by Gasteiger charge is -2.27. The zero-order valence-electron chi connectivity index (χ0n) is 11.5. The lowest BCUT2D eigenvalue weighted by Crippen LogP contribution is -2.42. The van der Waals surface area contributed by atoms with E-state index in [1.807, 2.05) is 19.9 Å². The third-order valence-electron chi connectivity index (χ3n) is 3.07. The molecule has 0 spiro atoms. The van der Waals surface area contributed by atoms with Crippen LogP contribution >= 0.6 is 0 Å². The van der Waals surface area contributed by atoms with Gasteiger partial charge in [0.05, 0.1) is 11.2 Å². The second-order valence-electron chi connectivity index (χ2n) is 4.82. The number of hydrogen-bond donors (Lipinski definition) is 3. The van der Waals surface area contributed by atoms with Gasteiger partial charge >= 0.3 is 0 Å². The number of aliphatic hydroxyl groups is 1. The van der Waals surface area contributed by atoms with Crippen LogP contribution in [0.3, 0.4) is 0 Å². The zero-order valence-corrected chi connectivity index (χ0v) is 11.5. The maximum atomic E-state index is 11.9. The molecule has 0 saturated heterocycles. The third-order valence-corrected chi connectivity index (χ3v) is 3.07. The van der Waals surface area contributed by atoms with Gasteiger partial charge in [0.2, 0.25) is 0 Å². The quantitative estimate of drug-likeness (QED) is 0.702. The number of nitrogens with zero attached hydrogens (tertiary/aromatic N) is 1. The smallest absolute Gasteiger partial charge is 0.252 e. The molecule has 3 N–H and O–H groups in total. The Bertz CT molecular complexity index is 454. The zero-order chi connectivity index (χ0) is 14.3. The van der Waals surface area contributed by atoms with Crippen molar-refractivity contribution in [2.75, 3.05) is 6.54 Å². The van der Waals surface area contributed by atoms with E-state index in [4.69, 9.17) is 5.26 Å². The van der Waals surface area contributed by atoms with Crippen LogP contribution < -0.4 is 5.32 Å². The van der Waals surface area contributed by atoms with E-state index in [9.17, 15) is 9.90 Å². The van der Waals surface area contributed by atoms with E-state index >= 15 is 0 Å². The van der Waals surface area contributed by atoms with Crippen molar-refractivity contribution >= 4 is 5.91 Å². The van der Waals surface area contributed by atoms with Gasteiger partial charge in [0, 0.05) is 12.7 Å². The molecule has 0 aliphatic rings. The summed E-state index contributed by atoms with van der Waals surface area (Å²) in [5.41, 5.74) is -0.0810. The summed E-state index contributed by atoms with van der Waals surface area (Å²) in [4.78, 5) is 14.6. The molecule has 0 unspecified atom stereocenters. The van der Waals surface area contributed by atoms with Crippen molar-refractivity contribution in [2.45, 2.75) is 45.1 Å². The van der Waals surface area contributed by atoms with Crippen molar-refractivity contribution < 1.29 is 9.90 Å². The van der Waals surface area contributed by atoms with Crippen LogP contribution in [0.4, 0.5) is 0 Å². The van der Waals surface area contributed by atoms with Crippen molar-refractivity contribution in [3.8, 4) is 6.07 Å². The summed E-state index contributed by atoms with van der Waals surface area (Å²) >= 11 is 0. The number of amides is 1. The lowest BCUT2D eigenvalue weighted by atomic mass is 9.92. The van der Waals surface area contributed by atoms with Gasteiger partial charge in [-0.25, -0.2) is 0 Å². The van der Waals surface area contributed by atoms with Gasteiger partial charge in [-0.05, 0) is 18.9 Å². The molecule has 0 fully saturated rings. The molecule has 5 heteroatoms. The van der Waals surface area contributed by atoms with Crippen LogP contribution in [0.5, 0.6) is 0 Å². The summed E-state index contributed by atoms with van der Waals surface area (Å²) < 4.78 is 0. The Morgan fingerprint density at radius 3 is 2.58 bits per heavy atom. The monoisotopic (exact) mass is 263 g/mol. The molecule has 1 heterocycles. The highest BCUT2D eigenvalue weighted by Crippen LogP contribution is 2.18.